The first-order valence-electron chi connectivity index (χ1n) is 6.97. The van der Waals surface area contributed by atoms with Crippen LogP contribution in [0.25, 0.3) is 0 Å². The summed E-state index contributed by atoms with van der Waals surface area (Å²) in [6.07, 6.45) is 1.21. The smallest absolute Gasteiger partial charge is 0.333 e. The number of ether oxygens (including phenoxy) is 1. The molecular weight excluding hydrogens is 375 g/mol. The lowest BCUT2D eigenvalue weighted by Crippen LogP contribution is -2.34. The molecule has 6 nitrogen and oxygen atoms in total. The van der Waals surface area contributed by atoms with Crippen LogP contribution in [0, 0.1) is 0 Å². The summed E-state index contributed by atoms with van der Waals surface area (Å²) >= 11 is 13.0. The maximum absolute atomic E-state index is 12.2. The van der Waals surface area contributed by atoms with Crippen molar-refractivity contribution in [2.75, 3.05) is 24.2 Å². The SMILES string of the molecule is CCOC(=O)/C=C1\SCC(=O)N1CC(=O)Nc1cc(Cl)ccc1Cl. The minimum atomic E-state index is -0.557. The second kappa shape index (κ2) is 8.41. The van der Waals surface area contributed by atoms with Crippen LogP contribution in [0.2, 0.25) is 10.0 Å². The summed E-state index contributed by atoms with van der Waals surface area (Å²) in [6.45, 7) is 1.68. The number of hydrogen-bond acceptors (Lipinski definition) is 5. The molecule has 0 unspecified atom stereocenters. The third-order valence-electron chi connectivity index (χ3n) is 2.94. The van der Waals surface area contributed by atoms with Crippen LogP contribution in [0.15, 0.2) is 29.3 Å². The van der Waals surface area contributed by atoms with Gasteiger partial charge in [0, 0.05) is 5.02 Å². The number of halogens is 2. The molecular formula is C15H14Cl2N2O4S. The Hall–Kier alpha value is -1.70. The molecule has 24 heavy (non-hydrogen) atoms. The predicted octanol–water partition coefficient (Wildman–Crippen LogP) is 2.91. The van der Waals surface area contributed by atoms with Gasteiger partial charge in [-0.2, -0.15) is 0 Å². The molecule has 1 aromatic carbocycles. The summed E-state index contributed by atoms with van der Waals surface area (Å²) in [7, 11) is 0. The van der Waals surface area contributed by atoms with Gasteiger partial charge in [0.05, 0.1) is 34.2 Å². The maximum Gasteiger partial charge on any atom is 0.333 e. The van der Waals surface area contributed by atoms with Crippen LogP contribution in [0.1, 0.15) is 6.92 Å². The Bertz CT molecular complexity index is 709. The third kappa shape index (κ3) is 4.90. The monoisotopic (exact) mass is 388 g/mol. The average Bonchev–Trinajstić information content (AvgIpc) is 2.84. The number of esters is 1. The number of anilines is 1. The first kappa shape index (κ1) is 18.6. The molecule has 1 N–H and O–H groups in total. The molecule has 9 heteroatoms. The number of carbonyl (C=O) groups is 3. The van der Waals surface area contributed by atoms with Crippen molar-refractivity contribution in [3.63, 3.8) is 0 Å². The molecule has 1 fully saturated rings. The second-order valence-corrected chi connectivity index (χ2v) is 6.51. The van der Waals surface area contributed by atoms with E-state index in [0.717, 1.165) is 0 Å². The van der Waals surface area contributed by atoms with Gasteiger partial charge in [-0.15, -0.1) is 0 Å². The van der Waals surface area contributed by atoms with Gasteiger partial charge in [0.15, 0.2) is 0 Å². The van der Waals surface area contributed by atoms with E-state index in [1.54, 1.807) is 19.1 Å². The van der Waals surface area contributed by atoms with Crippen LogP contribution < -0.4 is 5.32 Å². The molecule has 0 radical (unpaired) electrons. The fourth-order valence-electron chi connectivity index (χ4n) is 1.91. The number of benzene rings is 1. The zero-order valence-electron chi connectivity index (χ0n) is 12.7. The van der Waals surface area contributed by atoms with E-state index in [-0.39, 0.29) is 24.8 Å². The van der Waals surface area contributed by atoms with Gasteiger partial charge in [0.2, 0.25) is 11.8 Å². The Balaban J connectivity index is 2.07. The lowest BCUT2D eigenvalue weighted by atomic mass is 10.3. The summed E-state index contributed by atoms with van der Waals surface area (Å²) in [6, 6.07) is 4.67. The predicted molar refractivity (Wildman–Crippen MR) is 94.0 cm³/mol. The number of amides is 2. The number of nitrogens with zero attached hydrogens (tertiary/aromatic N) is 1. The zero-order valence-corrected chi connectivity index (χ0v) is 15.0. The van der Waals surface area contributed by atoms with E-state index in [4.69, 9.17) is 27.9 Å². The van der Waals surface area contributed by atoms with E-state index in [9.17, 15) is 14.4 Å². The van der Waals surface area contributed by atoms with Crippen LogP contribution in [0.3, 0.4) is 0 Å². The molecule has 1 aliphatic rings. The Kier molecular flexibility index (Phi) is 6.53. The van der Waals surface area contributed by atoms with E-state index < -0.39 is 11.9 Å². The van der Waals surface area contributed by atoms with Gasteiger partial charge >= 0.3 is 5.97 Å². The molecule has 0 atom stereocenters. The van der Waals surface area contributed by atoms with Crippen molar-refractivity contribution in [1.82, 2.24) is 4.90 Å². The highest BCUT2D eigenvalue weighted by Gasteiger charge is 2.29. The zero-order chi connectivity index (χ0) is 17.7. The van der Waals surface area contributed by atoms with Crippen LogP contribution in [0.4, 0.5) is 5.69 Å². The van der Waals surface area contributed by atoms with Crippen molar-refractivity contribution in [3.8, 4) is 0 Å². The Labute approximate surface area is 153 Å². The van der Waals surface area contributed by atoms with Gasteiger partial charge in [-0.1, -0.05) is 35.0 Å². The van der Waals surface area contributed by atoms with Crippen LogP contribution in [-0.2, 0) is 19.1 Å². The van der Waals surface area contributed by atoms with Crippen molar-refractivity contribution in [1.29, 1.82) is 0 Å². The Morgan fingerprint density at radius 2 is 2.17 bits per heavy atom. The van der Waals surface area contributed by atoms with Crippen molar-refractivity contribution < 1.29 is 19.1 Å². The minimum absolute atomic E-state index is 0.163. The molecule has 0 aliphatic carbocycles. The van der Waals surface area contributed by atoms with Crippen LogP contribution in [0.5, 0.6) is 0 Å². The summed E-state index contributed by atoms with van der Waals surface area (Å²) < 4.78 is 4.82. The van der Waals surface area contributed by atoms with Crippen LogP contribution in [-0.4, -0.2) is 41.6 Å². The molecule has 0 aromatic heterocycles. The molecule has 1 saturated heterocycles. The lowest BCUT2D eigenvalue weighted by Gasteiger charge is -2.17. The van der Waals surface area contributed by atoms with Crippen molar-refractivity contribution in [3.05, 3.63) is 39.3 Å². The maximum atomic E-state index is 12.2. The summed E-state index contributed by atoms with van der Waals surface area (Å²) in [4.78, 5) is 36.9. The number of rotatable bonds is 5. The topological polar surface area (TPSA) is 75.7 Å². The molecule has 0 bridgehead atoms. The van der Waals surface area contributed by atoms with Gasteiger partial charge in [-0.05, 0) is 25.1 Å². The minimum Gasteiger partial charge on any atom is -0.463 e. The largest absolute Gasteiger partial charge is 0.463 e. The molecule has 1 heterocycles. The van der Waals surface area contributed by atoms with E-state index in [0.29, 0.717) is 20.8 Å². The van der Waals surface area contributed by atoms with E-state index in [1.165, 1.54) is 28.8 Å². The van der Waals surface area contributed by atoms with E-state index in [1.807, 2.05) is 0 Å². The highest BCUT2D eigenvalue weighted by Crippen LogP contribution is 2.29. The fourth-order valence-corrected chi connectivity index (χ4v) is 3.18. The first-order chi connectivity index (χ1) is 11.4. The molecule has 0 saturated carbocycles. The Morgan fingerprint density at radius 3 is 2.88 bits per heavy atom. The van der Waals surface area contributed by atoms with E-state index in [2.05, 4.69) is 5.32 Å². The standard InChI is InChI=1S/C15H14Cl2N2O4S/c1-2-23-15(22)6-14-19(13(21)8-24-14)7-12(20)18-11-5-9(16)3-4-10(11)17/h3-6H,2,7-8H2,1H3,(H,18,20)/b14-6-. The summed E-state index contributed by atoms with van der Waals surface area (Å²) in [5, 5.41) is 3.73. The second-order valence-electron chi connectivity index (χ2n) is 4.68. The quantitative estimate of drug-likeness (QED) is 0.619. The van der Waals surface area contributed by atoms with Crippen molar-refractivity contribution in [2.45, 2.75) is 6.92 Å². The van der Waals surface area contributed by atoms with Crippen LogP contribution >= 0.6 is 35.0 Å². The van der Waals surface area contributed by atoms with Crippen molar-refractivity contribution in [2.24, 2.45) is 0 Å². The highest BCUT2D eigenvalue weighted by atomic mass is 35.5. The summed E-state index contributed by atoms with van der Waals surface area (Å²) in [5.74, 6) is -1.11. The molecule has 128 valence electrons. The van der Waals surface area contributed by atoms with Gasteiger partial charge in [-0.25, -0.2) is 4.79 Å². The molecule has 0 spiro atoms. The lowest BCUT2D eigenvalue weighted by molar-refractivity contribution is -0.137. The van der Waals surface area contributed by atoms with Crippen molar-refractivity contribution >= 4 is 58.4 Å². The number of thioether (sulfide) groups is 1. The van der Waals surface area contributed by atoms with Gasteiger partial charge < -0.3 is 10.1 Å². The third-order valence-corrected chi connectivity index (χ3v) is 4.53. The van der Waals surface area contributed by atoms with Gasteiger partial charge in [0.1, 0.15) is 6.54 Å². The molecule has 2 rings (SSSR count). The molecule has 2 amide bonds. The number of hydrogen-bond donors (Lipinski definition) is 1. The first-order valence-corrected chi connectivity index (χ1v) is 8.71. The van der Waals surface area contributed by atoms with Gasteiger partial charge in [-0.3, -0.25) is 14.5 Å². The fraction of sp³-hybridized carbons (Fsp3) is 0.267. The molecule has 1 aromatic rings. The highest BCUT2D eigenvalue weighted by molar-refractivity contribution is 8.04. The number of carbonyl (C=O) groups excluding carboxylic acids is 3. The van der Waals surface area contributed by atoms with E-state index >= 15 is 0 Å². The summed E-state index contributed by atoms with van der Waals surface area (Å²) in [5.41, 5.74) is 0.351. The molecule has 1 aliphatic heterocycles. The number of nitrogens with one attached hydrogen (secondary N) is 1. The Morgan fingerprint density at radius 1 is 1.42 bits per heavy atom. The average molecular weight is 389 g/mol. The van der Waals surface area contributed by atoms with Gasteiger partial charge in [0.25, 0.3) is 0 Å². The normalized spacial score (nSPS) is 15.7.